The third-order valence-electron chi connectivity index (χ3n) is 3.22. The number of piperazine rings is 1. The number of carboxylic acids is 1. The first-order valence-electron chi connectivity index (χ1n) is 6.22. The zero-order chi connectivity index (χ0) is 13.8. The molecule has 0 bridgehead atoms. The fourth-order valence-corrected chi connectivity index (χ4v) is 3.26. The van der Waals surface area contributed by atoms with Crippen LogP contribution in [0.25, 0.3) is 0 Å². The van der Waals surface area contributed by atoms with Crippen molar-refractivity contribution in [1.29, 1.82) is 0 Å². The molecule has 0 aromatic rings. The minimum absolute atomic E-state index is 0.0407. The molecule has 2 fully saturated rings. The van der Waals surface area contributed by atoms with Gasteiger partial charge in [0.05, 0.1) is 0 Å². The third kappa shape index (κ3) is 3.52. The first-order valence-corrected chi connectivity index (χ1v) is 7.38. The lowest BCUT2D eigenvalue weighted by Gasteiger charge is -2.34. The molecule has 7 nitrogen and oxygen atoms in total. The minimum Gasteiger partial charge on any atom is -0.480 e. The van der Waals surface area contributed by atoms with Gasteiger partial charge in [-0.15, -0.1) is 0 Å². The molecule has 3 amide bonds. The summed E-state index contributed by atoms with van der Waals surface area (Å²) in [4.78, 5) is 35.6. The Morgan fingerprint density at radius 2 is 2.26 bits per heavy atom. The molecule has 19 heavy (non-hydrogen) atoms. The lowest BCUT2D eigenvalue weighted by molar-refractivity contribution is -0.144. The second kappa shape index (κ2) is 6.14. The van der Waals surface area contributed by atoms with Crippen molar-refractivity contribution in [1.82, 2.24) is 15.5 Å². The van der Waals surface area contributed by atoms with Crippen LogP contribution in [0.15, 0.2) is 0 Å². The molecule has 0 aromatic heterocycles. The molecule has 2 rings (SSSR count). The zero-order valence-electron chi connectivity index (χ0n) is 10.4. The van der Waals surface area contributed by atoms with Gasteiger partial charge in [-0.05, 0) is 18.6 Å². The molecule has 2 heterocycles. The summed E-state index contributed by atoms with van der Waals surface area (Å²) in [6.07, 6.45) is 1.94. The first-order chi connectivity index (χ1) is 9.08. The van der Waals surface area contributed by atoms with Gasteiger partial charge in [-0.25, -0.2) is 9.59 Å². The normalized spacial score (nSPS) is 27.6. The number of nitrogens with one attached hydrogen (secondary N) is 2. The van der Waals surface area contributed by atoms with E-state index in [1.807, 2.05) is 0 Å². The summed E-state index contributed by atoms with van der Waals surface area (Å²) in [6.45, 7) is -0.246. The van der Waals surface area contributed by atoms with Crippen LogP contribution in [0.4, 0.5) is 4.79 Å². The lowest BCUT2D eigenvalue weighted by Crippen LogP contribution is -2.62. The van der Waals surface area contributed by atoms with Gasteiger partial charge in [0.25, 0.3) is 0 Å². The highest BCUT2D eigenvalue weighted by Crippen LogP contribution is 2.17. The van der Waals surface area contributed by atoms with E-state index in [1.165, 1.54) is 0 Å². The number of carboxylic acid groups (broad SMARTS) is 1. The standard InChI is InChI=1S/C11H17N3O4S/c15-9-5-14(8(4-12-9)10(16)17)11(18)13-7-2-1-3-19-6-7/h7-8H,1-6H2,(H,12,15)(H,13,18)(H,16,17). The summed E-state index contributed by atoms with van der Waals surface area (Å²) in [5.74, 6) is 0.499. The molecule has 0 saturated carbocycles. The van der Waals surface area contributed by atoms with Crippen molar-refractivity contribution in [3.8, 4) is 0 Å². The van der Waals surface area contributed by atoms with E-state index in [0.717, 1.165) is 29.2 Å². The van der Waals surface area contributed by atoms with E-state index in [-0.39, 0.29) is 25.0 Å². The summed E-state index contributed by atoms with van der Waals surface area (Å²) in [7, 11) is 0. The van der Waals surface area contributed by atoms with Crippen molar-refractivity contribution in [3.05, 3.63) is 0 Å². The molecule has 2 aliphatic rings. The Morgan fingerprint density at radius 3 is 2.89 bits per heavy atom. The molecule has 3 N–H and O–H groups in total. The number of urea groups is 1. The SMILES string of the molecule is O=C1CN(C(=O)NC2CCCSC2)C(C(=O)O)CN1. The van der Waals surface area contributed by atoms with Gasteiger partial charge in [-0.1, -0.05) is 0 Å². The van der Waals surface area contributed by atoms with E-state index in [1.54, 1.807) is 11.8 Å². The molecular weight excluding hydrogens is 270 g/mol. The van der Waals surface area contributed by atoms with E-state index in [2.05, 4.69) is 10.6 Å². The maximum atomic E-state index is 12.1. The van der Waals surface area contributed by atoms with Crippen LogP contribution in [0.3, 0.4) is 0 Å². The molecule has 106 valence electrons. The second-order valence-electron chi connectivity index (χ2n) is 4.65. The number of hydrogen-bond acceptors (Lipinski definition) is 4. The van der Waals surface area contributed by atoms with Gasteiger partial charge in [-0.3, -0.25) is 9.69 Å². The van der Waals surface area contributed by atoms with Crippen LogP contribution in [0.2, 0.25) is 0 Å². The Bertz CT molecular complexity index is 384. The van der Waals surface area contributed by atoms with Crippen molar-refractivity contribution in [2.45, 2.75) is 24.9 Å². The molecule has 2 saturated heterocycles. The zero-order valence-corrected chi connectivity index (χ0v) is 11.2. The molecule has 2 atom stereocenters. The fourth-order valence-electron chi connectivity index (χ4n) is 2.19. The number of amides is 3. The van der Waals surface area contributed by atoms with Crippen LogP contribution in [-0.4, -0.2) is 64.6 Å². The Hall–Kier alpha value is -1.44. The maximum absolute atomic E-state index is 12.1. The van der Waals surface area contributed by atoms with Crippen LogP contribution in [0, 0.1) is 0 Å². The molecule has 8 heteroatoms. The Kier molecular flexibility index (Phi) is 4.52. The van der Waals surface area contributed by atoms with E-state index in [4.69, 9.17) is 5.11 Å². The van der Waals surface area contributed by atoms with E-state index in [9.17, 15) is 14.4 Å². The summed E-state index contributed by atoms with van der Waals surface area (Å²) in [5, 5.41) is 14.3. The lowest BCUT2D eigenvalue weighted by atomic mass is 10.1. The van der Waals surface area contributed by atoms with Crippen molar-refractivity contribution in [2.75, 3.05) is 24.6 Å². The van der Waals surface area contributed by atoms with Gasteiger partial charge < -0.3 is 15.7 Å². The molecular formula is C11H17N3O4S. The van der Waals surface area contributed by atoms with Crippen LogP contribution < -0.4 is 10.6 Å². The van der Waals surface area contributed by atoms with E-state index >= 15 is 0 Å². The summed E-state index contributed by atoms with van der Waals surface area (Å²) in [5.41, 5.74) is 0. The Morgan fingerprint density at radius 1 is 1.47 bits per heavy atom. The predicted molar refractivity (Wildman–Crippen MR) is 70.0 cm³/mol. The highest BCUT2D eigenvalue weighted by molar-refractivity contribution is 7.99. The average Bonchev–Trinajstić information content (AvgIpc) is 2.39. The van der Waals surface area contributed by atoms with E-state index in [0.29, 0.717) is 0 Å². The highest BCUT2D eigenvalue weighted by atomic mass is 32.2. The van der Waals surface area contributed by atoms with Crippen LogP contribution >= 0.6 is 11.8 Å². The number of rotatable bonds is 2. The van der Waals surface area contributed by atoms with Crippen molar-refractivity contribution >= 4 is 29.7 Å². The Labute approximate surface area is 115 Å². The monoisotopic (exact) mass is 287 g/mol. The van der Waals surface area contributed by atoms with Gasteiger partial charge in [0, 0.05) is 18.3 Å². The first kappa shape index (κ1) is 14.0. The number of carbonyl (C=O) groups excluding carboxylic acids is 2. The molecule has 0 aliphatic carbocycles. The smallest absolute Gasteiger partial charge is 0.328 e. The Balaban J connectivity index is 1.97. The largest absolute Gasteiger partial charge is 0.480 e. The van der Waals surface area contributed by atoms with Gasteiger partial charge in [0.15, 0.2) is 0 Å². The van der Waals surface area contributed by atoms with Crippen LogP contribution in [0.1, 0.15) is 12.8 Å². The van der Waals surface area contributed by atoms with Crippen LogP contribution in [-0.2, 0) is 9.59 Å². The number of nitrogens with zero attached hydrogens (tertiary/aromatic N) is 1. The minimum atomic E-state index is -1.10. The van der Waals surface area contributed by atoms with Gasteiger partial charge in [0.2, 0.25) is 5.91 Å². The quantitative estimate of drug-likeness (QED) is 0.634. The number of thioether (sulfide) groups is 1. The second-order valence-corrected chi connectivity index (χ2v) is 5.80. The van der Waals surface area contributed by atoms with E-state index < -0.39 is 18.0 Å². The van der Waals surface area contributed by atoms with Crippen molar-refractivity contribution in [2.24, 2.45) is 0 Å². The summed E-state index contributed by atoms with van der Waals surface area (Å²) in [6, 6.07) is -1.39. The van der Waals surface area contributed by atoms with Crippen LogP contribution in [0.5, 0.6) is 0 Å². The van der Waals surface area contributed by atoms with Crippen molar-refractivity contribution < 1.29 is 19.5 Å². The average molecular weight is 287 g/mol. The number of carbonyl (C=O) groups is 3. The topological polar surface area (TPSA) is 98.7 Å². The van der Waals surface area contributed by atoms with Gasteiger partial charge in [-0.2, -0.15) is 11.8 Å². The van der Waals surface area contributed by atoms with Gasteiger partial charge >= 0.3 is 12.0 Å². The van der Waals surface area contributed by atoms with Gasteiger partial charge in [0.1, 0.15) is 12.6 Å². The summed E-state index contributed by atoms with van der Waals surface area (Å²) >= 11 is 1.77. The number of hydrogen-bond donors (Lipinski definition) is 3. The molecule has 2 unspecified atom stereocenters. The number of aliphatic carboxylic acids is 1. The highest BCUT2D eigenvalue weighted by Gasteiger charge is 2.35. The maximum Gasteiger partial charge on any atom is 0.328 e. The third-order valence-corrected chi connectivity index (χ3v) is 4.43. The predicted octanol–water partition coefficient (Wildman–Crippen LogP) is -0.523. The molecule has 0 spiro atoms. The molecule has 0 aromatic carbocycles. The summed E-state index contributed by atoms with van der Waals surface area (Å²) < 4.78 is 0. The van der Waals surface area contributed by atoms with Crippen molar-refractivity contribution in [3.63, 3.8) is 0 Å². The molecule has 0 radical (unpaired) electrons. The molecule has 2 aliphatic heterocycles. The fraction of sp³-hybridized carbons (Fsp3) is 0.727.